The monoisotopic (exact) mass is 310 g/mol. The zero-order valence-corrected chi connectivity index (χ0v) is 12.8. The van der Waals surface area contributed by atoms with E-state index in [0.29, 0.717) is 21.3 Å². The molecule has 0 saturated carbocycles. The lowest BCUT2D eigenvalue weighted by atomic mass is 10.0. The Morgan fingerprint density at radius 2 is 1.67 bits per heavy atom. The highest BCUT2D eigenvalue weighted by Crippen LogP contribution is 2.29. The van der Waals surface area contributed by atoms with Crippen molar-refractivity contribution < 1.29 is 4.79 Å². The van der Waals surface area contributed by atoms with Gasteiger partial charge in [0.05, 0.1) is 21.8 Å². The predicted octanol–water partition coefficient (Wildman–Crippen LogP) is 3.57. The fraction of sp³-hybridized carbons (Fsp3) is 0.417. The van der Waals surface area contributed by atoms with Crippen LogP contribution in [0.15, 0.2) is 12.1 Å². The lowest BCUT2D eigenvalue weighted by Gasteiger charge is -2.16. The van der Waals surface area contributed by atoms with Gasteiger partial charge in [-0.25, -0.2) is 0 Å². The van der Waals surface area contributed by atoms with Gasteiger partial charge in [0.2, 0.25) is 0 Å². The van der Waals surface area contributed by atoms with Crippen LogP contribution in [-0.4, -0.2) is 17.9 Å². The Bertz CT molecular complexity index is 412. The smallest absolute Gasteiger partial charge is 0.179 e. The van der Waals surface area contributed by atoms with Crippen LogP contribution >= 0.6 is 35.6 Å². The van der Waals surface area contributed by atoms with Crippen LogP contribution in [0, 0.1) is 0 Å². The second-order valence-electron chi connectivity index (χ2n) is 4.26. The number of rotatable bonds is 4. The number of halogens is 3. The summed E-state index contributed by atoms with van der Waals surface area (Å²) in [6.07, 6.45) is 0. The Labute approximate surface area is 123 Å². The average Bonchev–Trinajstić information content (AvgIpc) is 2.23. The van der Waals surface area contributed by atoms with Gasteiger partial charge in [0, 0.05) is 11.6 Å². The minimum absolute atomic E-state index is 0. The molecular weight excluding hydrogens is 295 g/mol. The van der Waals surface area contributed by atoms with E-state index in [-0.39, 0.29) is 30.3 Å². The first-order chi connectivity index (χ1) is 7.82. The Kier molecular flexibility index (Phi) is 7.00. The number of nitrogens with one attached hydrogen (secondary N) is 1. The molecule has 102 valence electrons. The highest BCUT2D eigenvalue weighted by Gasteiger charge is 2.17. The fourth-order valence-electron chi connectivity index (χ4n) is 1.55. The summed E-state index contributed by atoms with van der Waals surface area (Å²) in [5.74, 6) is -0.0532. The van der Waals surface area contributed by atoms with E-state index in [2.05, 4.69) is 5.32 Å². The highest BCUT2D eigenvalue weighted by molar-refractivity contribution is 6.39. The van der Waals surface area contributed by atoms with Gasteiger partial charge in [-0.15, -0.1) is 12.4 Å². The molecule has 0 bridgehead atoms. The number of nitrogen functional groups attached to an aromatic ring is 1. The minimum atomic E-state index is -0.286. The van der Waals surface area contributed by atoms with E-state index >= 15 is 0 Å². The zero-order chi connectivity index (χ0) is 13.2. The topological polar surface area (TPSA) is 55.1 Å². The summed E-state index contributed by atoms with van der Waals surface area (Å²) >= 11 is 11.8. The van der Waals surface area contributed by atoms with Crippen LogP contribution in [0.25, 0.3) is 0 Å². The number of anilines is 1. The van der Waals surface area contributed by atoms with E-state index in [1.807, 2.05) is 13.8 Å². The van der Waals surface area contributed by atoms with Gasteiger partial charge in [-0.3, -0.25) is 4.79 Å². The van der Waals surface area contributed by atoms with E-state index in [4.69, 9.17) is 28.9 Å². The second kappa shape index (κ2) is 7.19. The standard InChI is InChI=1S/C12H16Cl2N2O.ClH/c1-6(2)16-7(3)12(17)8-4-9(13)11(15)10(14)5-8;/h4-7,16H,15H2,1-3H3;1H. The van der Waals surface area contributed by atoms with Gasteiger partial charge >= 0.3 is 0 Å². The van der Waals surface area contributed by atoms with Gasteiger partial charge < -0.3 is 11.1 Å². The Morgan fingerprint density at radius 1 is 1.22 bits per heavy atom. The molecule has 0 saturated heterocycles. The van der Waals surface area contributed by atoms with Crippen LogP contribution < -0.4 is 11.1 Å². The average molecular weight is 312 g/mol. The molecule has 1 aromatic rings. The lowest BCUT2D eigenvalue weighted by Crippen LogP contribution is -2.38. The van der Waals surface area contributed by atoms with Crippen molar-refractivity contribution in [1.82, 2.24) is 5.32 Å². The maximum absolute atomic E-state index is 12.1. The summed E-state index contributed by atoms with van der Waals surface area (Å²) < 4.78 is 0. The Balaban J connectivity index is 0.00000289. The van der Waals surface area contributed by atoms with E-state index in [9.17, 15) is 4.79 Å². The molecule has 0 amide bonds. The molecule has 1 atom stereocenters. The molecule has 3 N–H and O–H groups in total. The van der Waals surface area contributed by atoms with Gasteiger partial charge in [-0.05, 0) is 19.1 Å². The Hall–Kier alpha value is -0.480. The van der Waals surface area contributed by atoms with Crippen molar-refractivity contribution in [2.45, 2.75) is 32.9 Å². The summed E-state index contributed by atoms with van der Waals surface area (Å²) in [7, 11) is 0. The van der Waals surface area contributed by atoms with Crippen LogP contribution in [0.2, 0.25) is 10.0 Å². The van der Waals surface area contributed by atoms with Gasteiger partial charge in [0.25, 0.3) is 0 Å². The van der Waals surface area contributed by atoms with Gasteiger partial charge in [0.15, 0.2) is 5.78 Å². The van der Waals surface area contributed by atoms with Gasteiger partial charge in [-0.1, -0.05) is 37.0 Å². The number of carbonyl (C=O) groups excluding carboxylic acids is 1. The van der Waals surface area contributed by atoms with Crippen molar-refractivity contribution in [3.05, 3.63) is 27.7 Å². The zero-order valence-electron chi connectivity index (χ0n) is 10.5. The molecule has 3 nitrogen and oxygen atoms in total. The van der Waals surface area contributed by atoms with Crippen molar-refractivity contribution in [2.24, 2.45) is 0 Å². The maximum atomic E-state index is 12.1. The second-order valence-corrected chi connectivity index (χ2v) is 5.08. The molecule has 1 unspecified atom stereocenters. The minimum Gasteiger partial charge on any atom is -0.396 e. The predicted molar refractivity (Wildman–Crippen MR) is 80.2 cm³/mol. The molecule has 1 rings (SSSR count). The van der Waals surface area contributed by atoms with Crippen molar-refractivity contribution in [3.8, 4) is 0 Å². The normalized spacial score (nSPS) is 12.1. The van der Waals surface area contributed by atoms with Crippen molar-refractivity contribution in [1.29, 1.82) is 0 Å². The molecule has 0 aliphatic heterocycles. The van der Waals surface area contributed by atoms with Crippen LogP contribution in [0.4, 0.5) is 5.69 Å². The van der Waals surface area contributed by atoms with Crippen LogP contribution in [-0.2, 0) is 0 Å². The summed E-state index contributed by atoms with van der Waals surface area (Å²) in [6, 6.07) is 3.03. The van der Waals surface area contributed by atoms with Crippen LogP contribution in [0.5, 0.6) is 0 Å². The Morgan fingerprint density at radius 3 is 2.06 bits per heavy atom. The third-order valence-corrected chi connectivity index (χ3v) is 2.97. The summed E-state index contributed by atoms with van der Waals surface area (Å²) in [5.41, 5.74) is 6.38. The first-order valence-corrected chi connectivity index (χ1v) is 6.13. The molecule has 0 heterocycles. The van der Waals surface area contributed by atoms with E-state index in [1.54, 1.807) is 19.1 Å². The van der Waals surface area contributed by atoms with Gasteiger partial charge in [-0.2, -0.15) is 0 Å². The number of hydrogen-bond acceptors (Lipinski definition) is 3. The first kappa shape index (κ1) is 17.5. The van der Waals surface area contributed by atoms with Gasteiger partial charge in [0.1, 0.15) is 0 Å². The number of carbonyl (C=O) groups is 1. The van der Waals surface area contributed by atoms with Crippen molar-refractivity contribution in [2.75, 3.05) is 5.73 Å². The fourth-order valence-corrected chi connectivity index (χ4v) is 2.04. The number of nitrogens with two attached hydrogens (primary N) is 1. The van der Waals surface area contributed by atoms with E-state index < -0.39 is 0 Å². The molecule has 0 spiro atoms. The summed E-state index contributed by atoms with van der Waals surface area (Å²) in [4.78, 5) is 12.1. The first-order valence-electron chi connectivity index (χ1n) is 5.37. The largest absolute Gasteiger partial charge is 0.396 e. The molecular formula is C12H17Cl3N2O. The number of Topliss-reactive ketones (excluding diaryl/α,β-unsaturated/α-hetero) is 1. The van der Waals surface area contributed by atoms with E-state index in [0.717, 1.165) is 0 Å². The maximum Gasteiger partial charge on any atom is 0.179 e. The molecule has 6 heteroatoms. The van der Waals surface area contributed by atoms with Crippen LogP contribution in [0.3, 0.4) is 0 Å². The molecule has 0 aliphatic carbocycles. The van der Waals surface area contributed by atoms with Crippen LogP contribution in [0.1, 0.15) is 31.1 Å². The number of benzene rings is 1. The molecule has 0 fully saturated rings. The quantitative estimate of drug-likeness (QED) is 0.660. The number of ketones is 1. The summed E-state index contributed by atoms with van der Waals surface area (Å²) in [6.45, 7) is 5.76. The summed E-state index contributed by atoms with van der Waals surface area (Å²) in [5, 5.41) is 3.73. The van der Waals surface area contributed by atoms with Crippen molar-refractivity contribution in [3.63, 3.8) is 0 Å². The molecule has 0 aromatic heterocycles. The molecule has 0 aliphatic rings. The third kappa shape index (κ3) is 4.32. The van der Waals surface area contributed by atoms with Crippen molar-refractivity contribution >= 4 is 47.1 Å². The molecule has 18 heavy (non-hydrogen) atoms. The number of hydrogen-bond donors (Lipinski definition) is 2. The molecule has 1 aromatic carbocycles. The highest BCUT2D eigenvalue weighted by atomic mass is 35.5. The molecule has 0 radical (unpaired) electrons. The lowest BCUT2D eigenvalue weighted by molar-refractivity contribution is 0.0946. The third-order valence-electron chi connectivity index (χ3n) is 2.34. The SMILES string of the molecule is CC(C)NC(C)C(=O)c1cc(Cl)c(N)c(Cl)c1.Cl. The van der Waals surface area contributed by atoms with E-state index in [1.165, 1.54) is 0 Å².